The average Bonchev–Trinajstić information content (AvgIpc) is 3.23. The summed E-state index contributed by atoms with van der Waals surface area (Å²) in [6.45, 7) is 6.23. The maximum absolute atomic E-state index is 13.0. The van der Waals surface area contributed by atoms with Crippen LogP contribution >= 0.6 is 11.3 Å². The van der Waals surface area contributed by atoms with E-state index < -0.39 is 0 Å². The van der Waals surface area contributed by atoms with Gasteiger partial charge in [-0.2, -0.15) is 5.26 Å². The van der Waals surface area contributed by atoms with Crippen LogP contribution in [0, 0.1) is 18.3 Å². The Labute approximate surface area is 186 Å². The highest BCUT2D eigenvalue weighted by Crippen LogP contribution is 2.19. The van der Waals surface area contributed by atoms with Crippen LogP contribution in [0.1, 0.15) is 32.2 Å². The Hall–Kier alpha value is -3.21. The first-order valence-electron chi connectivity index (χ1n) is 10.3. The van der Waals surface area contributed by atoms with E-state index in [0.29, 0.717) is 36.6 Å². The summed E-state index contributed by atoms with van der Waals surface area (Å²) in [5.41, 5.74) is 3.40. The van der Waals surface area contributed by atoms with Crippen molar-refractivity contribution < 1.29 is 9.53 Å². The number of amides is 1. The smallest absolute Gasteiger partial charge is 0.254 e. The number of rotatable bonds is 6. The molecule has 1 fully saturated rings. The second-order valence-corrected chi connectivity index (χ2v) is 8.61. The summed E-state index contributed by atoms with van der Waals surface area (Å²) in [5.74, 6) is 0.712. The number of carbonyl (C=O) groups excluding carboxylic acids is 1. The maximum Gasteiger partial charge on any atom is 0.254 e. The van der Waals surface area contributed by atoms with Gasteiger partial charge in [0.2, 0.25) is 0 Å². The fourth-order valence-corrected chi connectivity index (χ4v) is 4.18. The van der Waals surface area contributed by atoms with Gasteiger partial charge in [-0.25, -0.2) is 4.98 Å². The number of aryl methyl sites for hydroxylation is 1. The molecule has 1 aliphatic heterocycles. The van der Waals surface area contributed by atoms with Gasteiger partial charge in [0.25, 0.3) is 5.91 Å². The van der Waals surface area contributed by atoms with Crippen LogP contribution in [-0.4, -0.2) is 46.9 Å². The van der Waals surface area contributed by atoms with Gasteiger partial charge in [-0.1, -0.05) is 18.2 Å². The first-order chi connectivity index (χ1) is 15.1. The molecule has 1 amide bonds. The second kappa shape index (κ2) is 9.73. The minimum atomic E-state index is 0.0352. The molecule has 2 aromatic carbocycles. The Bertz CT molecular complexity index is 1080. The minimum Gasteiger partial charge on any atom is -0.487 e. The van der Waals surface area contributed by atoms with Gasteiger partial charge in [0.1, 0.15) is 12.4 Å². The lowest BCUT2D eigenvalue weighted by atomic mass is 10.1. The van der Waals surface area contributed by atoms with Crippen LogP contribution in [0.15, 0.2) is 53.9 Å². The third kappa shape index (κ3) is 5.48. The van der Waals surface area contributed by atoms with Gasteiger partial charge >= 0.3 is 0 Å². The Balaban J connectivity index is 1.30. The fraction of sp³-hybridized carbons (Fsp3) is 0.292. The van der Waals surface area contributed by atoms with E-state index in [1.54, 1.807) is 11.3 Å². The molecule has 1 aromatic heterocycles. The molecule has 0 spiro atoms. The van der Waals surface area contributed by atoms with Crippen molar-refractivity contribution >= 4 is 17.2 Å². The second-order valence-electron chi connectivity index (χ2n) is 7.55. The summed E-state index contributed by atoms with van der Waals surface area (Å²) in [6, 6.07) is 17.2. The van der Waals surface area contributed by atoms with E-state index >= 15 is 0 Å². The molecular formula is C24H24N4O2S. The zero-order chi connectivity index (χ0) is 21.6. The maximum atomic E-state index is 13.0. The number of nitriles is 1. The number of aromatic nitrogens is 1. The topological polar surface area (TPSA) is 69.5 Å². The fourth-order valence-electron chi connectivity index (χ4n) is 3.59. The van der Waals surface area contributed by atoms with E-state index in [9.17, 15) is 4.79 Å². The Morgan fingerprint density at radius 3 is 2.61 bits per heavy atom. The van der Waals surface area contributed by atoms with Gasteiger partial charge in [-0.05, 0) is 42.8 Å². The van der Waals surface area contributed by atoms with Crippen LogP contribution in [0.4, 0.5) is 0 Å². The zero-order valence-electron chi connectivity index (χ0n) is 17.5. The summed E-state index contributed by atoms with van der Waals surface area (Å²) in [7, 11) is 0. The minimum absolute atomic E-state index is 0.0352. The molecule has 0 unspecified atom stereocenters. The number of carbonyl (C=O) groups is 1. The molecule has 2 heterocycles. The van der Waals surface area contributed by atoms with E-state index in [4.69, 9.17) is 10.00 Å². The molecule has 7 heteroatoms. The Morgan fingerprint density at radius 1 is 1.16 bits per heavy atom. The van der Waals surface area contributed by atoms with E-state index in [-0.39, 0.29) is 5.91 Å². The summed E-state index contributed by atoms with van der Waals surface area (Å²) in [4.78, 5) is 21.6. The zero-order valence-corrected chi connectivity index (χ0v) is 18.3. The molecule has 0 bridgehead atoms. The first kappa shape index (κ1) is 21.0. The lowest BCUT2D eigenvalue weighted by Gasteiger charge is -2.34. The third-order valence-electron chi connectivity index (χ3n) is 5.28. The highest BCUT2D eigenvalue weighted by atomic mass is 32.1. The molecule has 3 aromatic rings. The predicted octanol–water partition coefficient (Wildman–Crippen LogP) is 3.86. The highest BCUT2D eigenvalue weighted by Gasteiger charge is 2.22. The molecule has 0 aliphatic carbocycles. The number of hydrogen-bond donors (Lipinski definition) is 0. The molecule has 0 N–H and O–H groups in total. The molecule has 4 rings (SSSR count). The summed E-state index contributed by atoms with van der Waals surface area (Å²) in [6.07, 6.45) is 0. The van der Waals surface area contributed by atoms with E-state index in [1.165, 1.54) is 5.56 Å². The van der Waals surface area contributed by atoms with Crippen molar-refractivity contribution in [1.82, 2.24) is 14.8 Å². The van der Waals surface area contributed by atoms with Crippen LogP contribution < -0.4 is 4.74 Å². The van der Waals surface area contributed by atoms with Gasteiger partial charge in [-0.15, -0.1) is 11.3 Å². The SMILES string of the molecule is Cc1nc(COc2cccc(C(=O)N3CCN(Cc4ccc(C#N)cc4)CC3)c2)cs1. The van der Waals surface area contributed by atoms with Crippen LogP contribution in [-0.2, 0) is 13.2 Å². The molecular weight excluding hydrogens is 408 g/mol. The summed E-state index contributed by atoms with van der Waals surface area (Å²) in [5, 5.41) is 11.9. The van der Waals surface area contributed by atoms with Crippen molar-refractivity contribution in [3.63, 3.8) is 0 Å². The average molecular weight is 433 g/mol. The van der Waals surface area contributed by atoms with Gasteiger partial charge < -0.3 is 9.64 Å². The standard InChI is InChI=1S/C24H24N4O2S/c1-18-26-22(17-31-18)16-30-23-4-2-3-21(13-23)24(29)28-11-9-27(10-12-28)15-20-7-5-19(14-25)6-8-20/h2-8,13,17H,9-12,15-16H2,1H3. The van der Waals surface area contributed by atoms with E-state index in [1.807, 2.05) is 65.7 Å². The van der Waals surface area contributed by atoms with Gasteiger partial charge in [0, 0.05) is 43.7 Å². The molecule has 158 valence electrons. The largest absolute Gasteiger partial charge is 0.487 e. The number of benzene rings is 2. The van der Waals surface area contributed by atoms with Crippen molar-refractivity contribution in [2.45, 2.75) is 20.1 Å². The molecule has 1 saturated heterocycles. The quantitative estimate of drug-likeness (QED) is 0.592. The molecule has 6 nitrogen and oxygen atoms in total. The molecule has 31 heavy (non-hydrogen) atoms. The van der Waals surface area contributed by atoms with Crippen molar-refractivity contribution in [3.05, 3.63) is 81.3 Å². The first-order valence-corrected chi connectivity index (χ1v) is 11.1. The van der Waals surface area contributed by atoms with Crippen molar-refractivity contribution in [3.8, 4) is 11.8 Å². The monoisotopic (exact) mass is 432 g/mol. The number of ether oxygens (including phenoxy) is 1. The summed E-state index contributed by atoms with van der Waals surface area (Å²) < 4.78 is 5.83. The van der Waals surface area contributed by atoms with Crippen LogP contribution in [0.3, 0.4) is 0 Å². The van der Waals surface area contributed by atoms with Crippen molar-refractivity contribution in [2.75, 3.05) is 26.2 Å². The number of piperazine rings is 1. The van der Waals surface area contributed by atoms with E-state index in [0.717, 1.165) is 30.3 Å². The van der Waals surface area contributed by atoms with E-state index in [2.05, 4.69) is 16.0 Å². The molecule has 0 saturated carbocycles. The number of nitrogens with zero attached hydrogens (tertiary/aromatic N) is 4. The number of hydrogen-bond acceptors (Lipinski definition) is 6. The van der Waals surface area contributed by atoms with Gasteiger partial charge in [-0.3, -0.25) is 9.69 Å². The van der Waals surface area contributed by atoms with Crippen LogP contribution in [0.5, 0.6) is 5.75 Å². The lowest BCUT2D eigenvalue weighted by molar-refractivity contribution is 0.0628. The molecule has 0 radical (unpaired) electrons. The number of thiazole rings is 1. The highest BCUT2D eigenvalue weighted by molar-refractivity contribution is 7.09. The van der Waals surface area contributed by atoms with Gasteiger partial charge in [0.05, 0.1) is 22.3 Å². The molecule has 1 aliphatic rings. The Morgan fingerprint density at radius 2 is 1.94 bits per heavy atom. The van der Waals surface area contributed by atoms with Crippen LogP contribution in [0.25, 0.3) is 0 Å². The lowest BCUT2D eigenvalue weighted by Crippen LogP contribution is -2.48. The predicted molar refractivity (Wildman–Crippen MR) is 120 cm³/mol. The Kier molecular flexibility index (Phi) is 6.60. The molecule has 0 atom stereocenters. The third-order valence-corrected chi connectivity index (χ3v) is 6.11. The van der Waals surface area contributed by atoms with Crippen molar-refractivity contribution in [1.29, 1.82) is 5.26 Å². The van der Waals surface area contributed by atoms with Crippen LogP contribution in [0.2, 0.25) is 0 Å². The van der Waals surface area contributed by atoms with Crippen molar-refractivity contribution in [2.24, 2.45) is 0 Å². The normalized spacial score (nSPS) is 14.3. The van der Waals surface area contributed by atoms with Gasteiger partial charge in [0.15, 0.2) is 0 Å². The summed E-state index contributed by atoms with van der Waals surface area (Å²) >= 11 is 1.60.